The average molecular weight is 650 g/mol. The molecule has 274 valence electrons. The Morgan fingerprint density at radius 3 is 1.20 bits per heavy atom. The van der Waals surface area contributed by atoms with Gasteiger partial charge < -0.3 is 15.5 Å². The van der Waals surface area contributed by atoms with Gasteiger partial charge in [-0.25, -0.2) is 0 Å². The van der Waals surface area contributed by atoms with Gasteiger partial charge in [-0.15, -0.1) is 0 Å². The van der Waals surface area contributed by atoms with Crippen LogP contribution in [0, 0.1) is 0 Å². The van der Waals surface area contributed by atoms with Crippen LogP contribution in [0.25, 0.3) is 0 Å². The number of aliphatic hydroxyl groups excluding tert-OH is 2. The second kappa shape index (κ2) is 38.6. The number of carbonyl (C=O) groups is 1. The summed E-state index contributed by atoms with van der Waals surface area (Å²) in [5.74, 6) is -0.0308. The van der Waals surface area contributed by atoms with Crippen molar-refractivity contribution in [3.8, 4) is 0 Å². The Bertz CT molecular complexity index is 622. The van der Waals surface area contributed by atoms with Gasteiger partial charge in [0.1, 0.15) is 0 Å². The number of unbranched alkanes of at least 4 members (excludes halogenated alkanes) is 29. The van der Waals surface area contributed by atoms with Gasteiger partial charge in [0, 0.05) is 6.42 Å². The molecular weight excluding hydrogens is 566 g/mol. The van der Waals surface area contributed by atoms with Crippen LogP contribution in [-0.4, -0.2) is 34.9 Å². The van der Waals surface area contributed by atoms with Gasteiger partial charge in [0.15, 0.2) is 0 Å². The molecule has 0 saturated carbocycles. The van der Waals surface area contributed by atoms with Crippen LogP contribution in [-0.2, 0) is 4.79 Å². The molecule has 0 aromatic carbocycles. The molecule has 0 aliphatic heterocycles. The van der Waals surface area contributed by atoms with E-state index in [0.29, 0.717) is 12.8 Å². The Hall–Kier alpha value is -0.870. The van der Waals surface area contributed by atoms with E-state index >= 15 is 0 Å². The summed E-state index contributed by atoms with van der Waals surface area (Å²) in [7, 11) is 0. The van der Waals surface area contributed by atoms with Crippen LogP contribution < -0.4 is 5.32 Å². The van der Waals surface area contributed by atoms with Gasteiger partial charge in [-0.2, -0.15) is 0 Å². The fourth-order valence-corrected chi connectivity index (χ4v) is 6.53. The van der Waals surface area contributed by atoms with Crippen molar-refractivity contribution in [2.75, 3.05) is 6.61 Å². The van der Waals surface area contributed by atoms with Gasteiger partial charge in [-0.1, -0.05) is 199 Å². The molecule has 0 heterocycles. The Balaban J connectivity index is 3.49. The molecule has 4 nitrogen and oxygen atoms in total. The standard InChI is InChI=1S/C42H83NO3/c1-3-5-7-9-11-13-15-17-18-19-20-21-22-23-24-26-28-30-32-34-36-38-42(46)43-40(39-44)41(45)37-35-33-31-29-27-25-16-14-12-10-8-6-4-2/h17-18,40-41,44-45H,3-16,19-39H2,1-2H3,(H,43,46)/b18-17-. The van der Waals surface area contributed by atoms with Gasteiger partial charge in [-0.3, -0.25) is 4.79 Å². The zero-order chi connectivity index (χ0) is 33.6. The molecule has 0 aromatic heterocycles. The Morgan fingerprint density at radius 2 is 0.826 bits per heavy atom. The number of hydrogen-bond donors (Lipinski definition) is 3. The maximum atomic E-state index is 12.4. The third kappa shape index (κ3) is 34.5. The topological polar surface area (TPSA) is 69.6 Å². The number of amides is 1. The van der Waals surface area contributed by atoms with Gasteiger partial charge in [-0.05, 0) is 38.5 Å². The summed E-state index contributed by atoms with van der Waals surface area (Å²) in [5.41, 5.74) is 0. The molecule has 0 radical (unpaired) electrons. The zero-order valence-corrected chi connectivity index (χ0v) is 31.4. The lowest BCUT2D eigenvalue weighted by atomic mass is 10.0. The molecule has 0 fully saturated rings. The number of aliphatic hydroxyl groups is 2. The molecule has 0 aliphatic rings. The minimum atomic E-state index is -0.654. The third-order valence-electron chi connectivity index (χ3n) is 9.78. The van der Waals surface area contributed by atoms with Crippen molar-refractivity contribution in [3.05, 3.63) is 12.2 Å². The first-order valence-electron chi connectivity index (χ1n) is 20.9. The summed E-state index contributed by atoms with van der Waals surface area (Å²) in [4.78, 5) is 12.4. The first-order chi connectivity index (χ1) is 22.7. The quantitative estimate of drug-likeness (QED) is 0.0460. The van der Waals surface area contributed by atoms with E-state index in [1.807, 2.05) is 0 Å². The number of rotatable bonds is 38. The van der Waals surface area contributed by atoms with Crippen molar-refractivity contribution >= 4 is 5.91 Å². The second-order valence-corrected chi connectivity index (χ2v) is 14.4. The molecule has 46 heavy (non-hydrogen) atoms. The number of hydrogen-bond acceptors (Lipinski definition) is 3. The predicted octanol–water partition coefficient (Wildman–Crippen LogP) is 12.7. The van der Waals surface area contributed by atoms with E-state index in [4.69, 9.17) is 0 Å². The van der Waals surface area contributed by atoms with Crippen LogP contribution >= 0.6 is 0 Å². The number of nitrogens with one attached hydrogen (secondary N) is 1. The molecule has 0 aromatic rings. The fraction of sp³-hybridized carbons (Fsp3) is 0.929. The van der Waals surface area contributed by atoms with Gasteiger partial charge in [0.05, 0.1) is 18.8 Å². The largest absolute Gasteiger partial charge is 0.394 e. The minimum absolute atomic E-state index is 0.0308. The molecule has 0 rings (SSSR count). The molecule has 0 aliphatic carbocycles. The predicted molar refractivity (Wildman–Crippen MR) is 202 cm³/mol. The summed E-state index contributed by atoms with van der Waals surface area (Å²) in [6.45, 7) is 4.36. The highest BCUT2D eigenvalue weighted by Crippen LogP contribution is 2.16. The van der Waals surface area contributed by atoms with Crippen LogP contribution in [0.2, 0.25) is 0 Å². The van der Waals surface area contributed by atoms with E-state index in [1.165, 1.54) is 180 Å². The second-order valence-electron chi connectivity index (χ2n) is 14.4. The Labute approximate surface area is 288 Å². The third-order valence-corrected chi connectivity index (χ3v) is 9.78. The van der Waals surface area contributed by atoms with Gasteiger partial charge >= 0.3 is 0 Å². The van der Waals surface area contributed by atoms with E-state index in [1.54, 1.807) is 0 Å². The molecule has 2 atom stereocenters. The van der Waals surface area contributed by atoms with E-state index in [2.05, 4.69) is 31.3 Å². The van der Waals surface area contributed by atoms with Crippen molar-refractivity contribution in [3.63, 3.8) is 0 Å². The smallest absolute Gasteiger partial charge is 0.220 e. The van der Waals surface area contributed by atoms with Crippen LogP contribution in [0.4, 0.5) is 0 Å². The van der Waals surface area contributed by atoms with Crippen molar-refractivity contribution in [2.24, 2.45) is 0 Å². The summed E-state index contributed by atoms with van der Waals surface area (Å²) in [5, 5.41) is 23.1. The van der Waals surface area contributed by atoms with E-state index in [0.717, 1.165) is 25.7 Å². The van der Waals surface area contributed by atoms with Crippen molar-refractivity contribution in [2.45, 2.75) is 244 Å². The van der Waals surface area contributed by atoms with Gasteiger partial charge in [0.2, 0.25) is 5.91 Å². The zero-order valence-electron chi connectivity index (χ0n) is 31.4. The lowest BCUT2D eigenvalue weighted by Crippen LogP contribution is -2.45. The van der Waals surface area contributed by atoms with E-state index < -0.39 is 12.1 Å². The Morgan fingerprint density at radius 1 is 0.500 bits per heavy atom. The monoisotopic (exact) mass is 650 g/mol. The minimum Gasteiger partial charge on any atom is -0.394 e. The molecule has 0 saturated heterocycles. The van der Waals surface area contributed by atoms with Crippen molar-refractivity contribution in [1.82, 2.24) is 5.32 Å². The molecule has 4 heteroatoms. The van der Waals surface area contributed by atoms with Crippen molar-refractivity contribution in [1.29, 1.82) is 0 Å². The number of carbonyl (C=O) groups excluding carboxylic acids is 1. The molecule has 3 N–H and O–H groups in total. The summed E-state index contributed by atoms with van der Waals surface area (Å²) in [6.07, 6.45) is 47.1. The molecule has 0 bridgehead atoms. The maximum absolute atomic E-state index is 12.4. The summed E-state index contributed by atoms with van der Waals surface area (Å²) in [6, 6.07) is -0.531. The highest BCUT2D eigenvalue weighted by Gasteiger charge is 2.19. The van der Waals surface area contributed by atoms with Crippen LogP contribution in [0.5, 0.6) is 0 Å². The summed E-state index contributed by atoms with van der Waals surface area (Å²) < 4.78 is 0. The molecular formula is C42H83NO3. The summed E-state index contributed by atoms with van der Waals surface area (Å²) >= 11 is 0. The van der Waals surface area contributed by atoms with E-state index in [-0.39, 0.29) is 12.5 Å². The highest BCUT2D eigenvalue weighted by molar-refractivity contribution is 5.76. The molecule has 1 amide bonds. The van der Waals surface area contributed by atoms with Crippen LogP contribution in [0.1, 0.15) is 232 Å². The first kappa shape index (κ1) is 45.1. The first-order valence-corrected chi connectivity index (χ1v) is 20.9. The van der Waals surface area contributed by atoms with Crippen LogP contribution in [0.3, 0.4) is 0 Å². The van der Waals surface area contributed by atoms with E-state index in [9.17, 15) is 15.0 Å². The molecule has 2 unspecified atom stereocenters. The lowest BCUT2D eigenvalue weighted by molar-refractivity contribution is -0.123. The highest BCUT2D eigenvalue weighted by atomic mass is 16.3. The molecule has 0 spiro atoms. The number of allylic oxidation sites excluding steroid dienone is 2. The SMILES string of the molecule is CCCCCCCC/C=C\CCCCCCCCCCCCCC(=O)NC(CO)C(O)CCCCCCCCCCCCCCC. The van der Waals surface area contributed by atoms with Gasteiger partial charge in [0.25, 0.3) is 0 Å². The average Bonchev–Trinajstić information content (AvgIpc) is 3.06. The van der Waals surface area contributed by atoms with Crippen LogP contribution in [0.15, 0.2) is 12.2 Å². The maximum Gasteiger partial charge on any atom is 0.220 e. The normalized spacial score (nSPS) is 13.0. The van der Waals surface area contributed by atoms with Crippen molar-refractivity contribution < 1.29 is 15.0 Å². The Kier molecular flexibility index (Phi) is 37.8. The fourth-order valence-electron chi connectivity index (χ4n) is 6.53. The lowest BCUT2D eigenvalue weighted by Gasteiger charge is -2.22.